The van der Waals surface area contributed by atoms with Crippen molar-refractivity contribution >= 4 is 28.9 Å². The summed E-state index contributed by atoms with van der Waals surface area (Å²) in [5.74, 6) is 0. The number of rotatable bonds is 4. The molecule has 2 fully saturated rings. The van der Waals surface area contributed by atoms with Crippen LogP contribution in [0, 0.1) is 0 Å². The Morgan fingerprint density at radius 2 is 1.44 bits per heavy atom. The Kier molecular flexibility index (Phi) is 8.42. The van der Waals surface area contributed by atoms with Crippen LogP contribution in [0.2, 0.25) is 0 Å². The second-order valence-corrected chi connectivity index (χ2v) is 11.4. The molecule has 0 N–H and O–H groups in total. The molecule has 1 unspecified atom stereocenters. The minimum atomic E-state index is -2.83. The van der Waals surface area contributed by atoms with Crippen molar-refractivity contribution in [2.24, 2.45) is 0 Å². The van der Waals surface area contributed by atoms with Crippen LogP contribution in [0.5, 0.6) is 0 Å². The molecule has 2 aliphatic rings. The summed E-state index contributed by atoms with van der Waals surface area (Å²) < 4.78 is 5.71. The molecular formula is C12H22CuO2PS2. The number of hydrogen-bond donors (Lipinski definition) is 0. The largest absolute Gasteiger partial charge is 1.00 e. The van der Waals surface area contributed by atoms with Crippen LogP contribution in [0.4, 0.5) is 0 Å². The van der Waals surface area contributed by atoms with E-state index in [1.54, 1.807) is 0 Å². The van der Waals surface area contributed by atoms with Crippen molar-refractivity contribution in [2.75, 3.05) is 0 Å². The maximum Gasteiger partial charge on any atom is 1.00 e. The summed E-state index contributed by atoms with van der Waals surface area (Å²) in [7, 11) is 0. The Morgan fingerprint density at radius 1 is 0.944 bits per heavy atom. The van der Waals surface area contributed by atoms with Crippen LogP contribution in [-0.2, 0) is 33.4 Å². The molecule has 0 saturated heterocycles. The second kappa shape index (κ2) is 8.67. The van der Waals surface area contributed by atoms with Crippen molar-refractivity contribution in [3.63, 3.8) is 0 Å². The summed E-state index contributed by atoms with van der Waals surface area (Å²) >= 11 is 6.67. The van der Waals surface area contributed by atoms with Crippen LogP contribution in [-0.4, -0.2) is 11.4 Å². The fourth-order valence-corrected chi connectivity index (χ4v) is 7.97. The Morgan fingerprint density at radius 3 is 2.00 bits per heavy atom. The fraction of sp³-hybridized carbons (Fsp3) is 1.00. The Balaban J connectivity index is 0.00000162. The molecule has 110 valence electrons. The molecule has 18 heavy (non-hydrogen) atoms. The van der Waals surface area contributed by atoms with Crippen molar-refractivity contribution in [3.05, 3.63) is 0 Å². The van der Waals surface area contributed by atoms with Crippen molar-refractivity contribution in [1.29, 1.82) is 0 Å². The average molecular weight is 357 g/mol. The van der Waals surface area contributed by atoms with Crippen LogP contribution >= 0.6 is 17.1 Å². The molecule has 0 amide bonds. The van der Waals surface area contributed by atoms with E-state index in [1.807, 2.05) is 0 Å². The van der Waals surface area contributed by atoms with Gasteiger partial charge in [0.2, 0.25) is 0 Å². The Labute approximate surface area is 130 Å². The van der Waals surface area contributed by atoms with Crippen LogP contribution in [0.25, 0.3) is 0 Å². The second-order valence-electron chi connectivity index (χ2n) is 5.18. The summed E-state index contributed by atoms with van der Waals surface area (Å²) in [5, 5.41) is 0.482. The van der Waals surface area contributed by atoms with E-state index in [4.69, 9.17) is 16.3 Å². The normalized spacial score (nSPS) is 26.3. The third-order valence-electron chi connectivity index (χ3n) is 3.66. The van der Waals surface area contributed by atoms with Crippen LogP contribution in [0.15, 0.2) is 0 Å². The molecule has 0 aliphatic heterocycles. The van der Waals surface area contributed by atoms with Gasteiger partial charge < -0.3 is 9.42 Å². The molecule has 6 heteroatoms. The van der Waals surface area contributed by atoms with Crippen LogP contribution in [0.1, 0.15) is 64.2 Å². The molecule has 0 heterocycles. The van der Waals surface area contributed by atoms with Crippen LogP contribution < -0.4 is 4.89 Å². The van der Waals surface area contributed by atoms with Crippen molar-refractivity contribution in [2.45, 2.75) is 75.6 Å². The third kappa shape index (κ3) is 6.26. The Hall–Kier alpha value is 1.44. The molecule has 1 atom stereocenters. The molecule has 0 radical (unpaired) electrons. The van der Waals surface area contributed by atoms with Crippen molar-refractivity contribution in [1.82, 2.24) is 0 Å². The van der Waals surface area contributed by atoms with Gasteiger partial charge in [-0.15, -0.1) is 11.4 Å². The molecule has 0 aromatic carbocycles. The monoisotopic (exact) mass is 356 g/mol. The van der Waals surface area contributed by atoms with Gasteiger partial charge in [-0.05, 0) is 25.7 Å². The van der Waals surface area contributed by atoms with Gasteiger partial charge in [0.05, 0.1) is 6.10 Å². The summed E-state index contributed by atoms with van der Waals surface area (Å²) in [5.41, 5.74) is -2.83. The zero-order valence-corrected chi connectivity index (χ0v) is 14.1. The molecule has 2 nitrogen and oxygen atoms in total. The minimum Gasteiger partial charge on any atom is -0.793 e. The third-order valence-corrected chi connectivity index (χ3v) is 8.20. The predicted molar refractivity (Wildman–Crippen MR) is 76.7 cm³/mol. The summed E-state index contributed by atoms with van der Waals surface area (Å²) in [6.45, 7) is 0. The zero-order valence-electron chi connectivity index (χ0n) is 10.6. The van der Waals surface area contributed by atoms with Gasteiger partial charge in [0, 0.05) is 10.9 Å². The van der Waals surface area contributed by atoms with Gasteiger partial charge >= 0.3 is 17.1 Å². The quantitative estimate of drug-likeness (QED) is 0.563. The van der Waals surface area contributed by atoms with E-state index in [2.05, 4.69) is 0 Å². The van der Waals surface area contributed by atoms with Gasteiger partial charge in [0.1, 0.15) is 0 Å². The van der Waals surface area contributed by atoms with E-state index in [1.165, 1.54) is 62.7 Å². The van der Waals surface area contributed by atoms with E-state index in [-0.39, 0.29) is 23.2 Å². The minimum absolute atomic E-state index is 0. The zero-order chi connectivity index (χ0) is 12.1. The van der Waals surface area contributed by atoms with Gasteiger partial charge in [-0.1, -0.05) is 50.3 Å². The molecule has 2 aliphatic carbocycles. The maximum absolute atomic E-state index is 12.3. The molecule has 0 spiro atoms. The maximum atomic E-state index is 12.3. The average Bonchev–Trinajstić information content (AvgIpc) is 2.30. The summed E-state index contributed by atoms with van der Waals surface area (Å²) in [4.78, 5) is 12.3. The van der Waals surface area contributed by atoms with Gasteiger partial charge in [-0.25, -0.2) is 0 Å². The Bertz CT molecular complexity index is 255. The fourth-order valence-electron chi connectivity index (χ4n) is 2.73. The van der Waals surface area contributed by atoms with Crippen LogP contribution in [0.3, 0.4) is 0 Å². The van der Waals surface area contributed by atoms with E-state index in [0.717, 1.165) is 12.8 Å². The molecule has 0 aromatic heterocycles. The topological polar surface area (TPSA) is 32.3 Å². The van der Waals surface area contributed by atoms with Gasteiger partial charge in [-0.2, -0.15) is 0 Å². The number of hydrogen-bond acceptors (Lipinski definition) is 4. The van der Waals surface area contributed by atoms with Gasteiger partial charge in [0.25, 0.3) is 0 Å². The van der Waals surface area contributed by atoms with E-state index in [0.29, 0.717) is 5.25 Å². The van der Waals surface area contributed by atoms with E-state index in [9.17, 15) is 4.89 Å². The molecule has 2 saturated carbocycles. The first-order valence-electron chi connectivity index (χ1n) is 6.83. The standard InChI is InChI=1S/C12H23O2PS2.Cu/c13-15(16,14-11-7-3-1-4-8-11)17-12-9-5-2-6-10-12;/h11-12H,1-10H2,(H,13,16);/q;+1/p-1. The smallest absolute Gasteiger partial charge is 0.793 e. The van der Waals surface area contributed by atoms with Crippen molar-refractivity contribution in [3.8, 4) is 0 Å². The van der Waals surface area contributed by atoms with Gasteiger partial charge in [0.15, 0.2) is 0 Å². The molecule has 0 aromatic rings. The first-order chi connectivity index (χ1) is 8.16. The first kappa shape index (κ1) is 17.5. The van der Waals surface area contributed by atoms with Gasteiger partial charge in [-0.3, -0.25) is 0 Å². The van der Waals surface area contributed by atoms with E-state index >= 15 is 0 Å². The summed E-state index contributed by atoms with van der Waals surface area (Å²) in [6.07, 6.45) is 12.1. The predicted octanol–water partition coefficient (Wildman–Crippen LogP) is 3.98. The summed E-state index contributed by atoms with van der Waals surface area (Å²) in [6, 6.07) is 0. The SMILES string of the molecule is [Cu+].[O-]P(=S)(OC1CCCCC1)SC1CCCCC1. The first-order valence-corrected chi connectivity index (χ1v) is 11.0. The molecule has 0 bridgehead atoms. The van der Waals surface area contributed by atoms with E-state index < -0.39 is 5.69 Å². The molecule has 2 rings (SSSR count). The molecular weight excluding hydrogens is 335 g/mol. The van der Waals surface area contributed by atoms with Crippen molar-refractivity contribution < 1.29 is 26.5 Å².